The van der Waals surface area contributed by atoms with Crippen molar-refractivity contribution in [2.45, 2.75) is 25.8 Å². The van der Waals surface area contributed by atoms with E-state index in [4.69, 9.17) is 4.42 Å². The van der Waals surface area contributed by atoms with Crippen LogP contribution in [-0.2, 0) is 11.2 Å². The summed E-state index contributed by atoms with van der Waals surface area (Å²) in [5.41, 5.74) is 3.36. The van der Waals surface area contributed by atoms with Gasteiger partial charge in [0.1, 0.15) is 5.76 Å². The summed E-state index contributed by atoms with van der Waals surface area (Å²) in [6.45, 7) is 2.06. The molecule has 1 N–H and O–H groups in total. The SMILES string of the molecule is Cc1ccc([C@H](NC(=O)CCc2ccco2)c2ccccc2)cc1. The van der Waals surface area contributed by atoms with Gasteiger partial charge in [-0.25, -0.2) is 0 Å². The molecular weight excluding hydrogens is 298 g/mol. The van der Waals surface area contributed by atoms with Gasteiger partial charge in [-0.3, -0.25) is 4.79 Å². The minimum Gasteiger partial charge on any atom is -0.469 e. The van der Waals surface area contributed by atoms with Gasteiger partial charge in [0.15, 0.2) is 0 Å². The highest BCUT2D eigenvalue weighted by molar-refractivity contribution is 5.77. The molecule has 0 aliphatic heterocycles. The average molecular weight is 319 g/mol. The second-order valence-corrected chi connectivity index (χ2v) is 5.90. The topological polar surface area (TPSA) is 42.2 Å². The molecule has 0 saturated carbocycles. The Kier molecular flexibility index (Phi) is 5.12. The number of aryl methyl sites for hydroxylation is 2. The molecule has 24 heavy (non-hydrogen) atoms. The molecule has 1 amide bonds. The maximum absolute atomic E-state index is 12.4. The Bertz CT molecular complexity index is 761. The normalized spacial score (nSPS) is 11.9. The first-order chi connectivity index (χ1) is 11.7. The third kappa shape index (κ3) is 4.13. The number of benzene rings is 2. The molecule has 0 spiro atoms. The van der Waals surface area contributed by atoms with E-state index >= 15 is 0 Å². The van der Waals surface area contributed by atoms with Gasteiger partial charge in [0.25, 0.3) is 0 Å². The predicted octanol–water partition coefficient (Wildman–Crippen LogP) is 4.43. The highest BCUT2D eigenvalue weighted by Crippen LogP contribution is 2.22. The van der Waals surface area contributed by atoms with Gasteiger partial charge >= 0.3 is 0 Å². The second kappa shape index (κ2) is 7.64. The molecule has 0 fully saturated rings. The zero-order chi connectivity index (χ0) is 16.8. The van der Waals surface area contributed by atoms with E-state index in [-0.39, 0.29) is 11.9 Å². The van der Waals surface area contributed by atoms with Crippen LogP contribution in [0.2, 0.25) is 0 Å². The molecule has 0 aliphatic carbocycles. The highest BCUT2D eigenvalue weighted by atomic mass is 16.3. The zero-order valence-corrected chi connectivity index (χ0v) is 13.7. The van der Waals surface area contributed by atoms with E-state index < -0.39 is 0 Å². The molecule has 3 nitrogen and oxygen atoms in total. The molecule has 0 radical (unpaired) electrons. The molecule has 0 unspecified atom stereocenters. The number of furan rings is 1. The Morgan fingerprint density at radius 3 is 2.33 bits per heavy atom. The number of amides is 1. The summed E-state index contributed by atoms with van der Waals surface area (Å²) >= 11 is 0. The summed E-state index contributed by atoms with van der Waals surface area (Å²) in [5.74, 6) is 0.845. The molecule has 122 valence electrons. The number of hydrogen-bond acceptors (Lipinski definition) is 2. The lowest BCUT2D eigenvalue weighted by Gasteiger charge is -2.20. The fourth-order valence-corrected chi connectivity index (χ4v) is 2.69. The summed E-state index contributed by atoms with van der Waals surface area (Å²) in [4.78, 5) is 12.4. The number of carbonyl (C=O) groups is 1. The molecule has 1 atom stereocenters. The van der Waals surface area contributed by atoms with Gasteiger partial charge in [-0.2, -0.15) is 0 Å². The van der Waals surface area contributed by atoms with Crippen LogP contribution >= 0.6 is 0 Å². The molecule has 1 aromatic heterocycles. The molecule has 1 heterocycles. The smallest absolute Gasteiger partial charge is 0.221 e. The van der Waals surface area contributed by atoms with E-state index in [1.54, 1.807) is 6.26 Å². The van der Waals surface area contributed by atoms with Gasteiger partial charge in [0.05, 0.1) is 12.3 Å². The van der Waals surface area contributed by atoms with Crippen LogP contribution in [0.15, 0.2) is 77.4 Å². The highest BCUT2D eigenvalue weighted by Gasteiger charge is 2.16. The van der Waals surface area contributed by atoms with E-state index in [9.17, 15) is 4.79 Å². The lowest BCUT2D eigenvalue weighted by atomic mass is 9.97. The van der Waals surface area contributed by atoms with E-state index in [0.717, 1.165) is 16.9 Å². The molecule has 3 aromatic rings. The second-order valence-electron chi connectivity index (χ2n) is 5.90. The van der Waals surface area contributed by atoms with E-state index in [1.165, 1.54) is 5.56 Å². The van der Waals surface area contributed by atoms with Crippen molar-refractivity contribution >= 4 is 5.91 Å². The molecule has 2 aromatic carbocycles. The third-order valence-electron chi connectivity index (χ3n) is 4.03. The Labute approximate surface area is 142 Å². The predicted molar refractivity (Wildman–Crippen MR) is 94.6 cm³/mol. The Morgan fingerprint density at radius 2 is 1.67 bits per heavy atom. The van der Waals surface area contributed by atoms with Crippen molar-refractivity contribution in [3.63, 3.8) is 0 Å². The van der Waals surface area contributed by atoms with Gasteiger partial charge in [-0.05, 0) is 30.2 Å². The summed E-state index contributed by atoms with van der Waals surface area (Å²) < 4.78 is 5.29. The molecule has 0 aliphatic rings. The first kappa shape index (κ1) is 16.1. The van der Waals surface area contributed by atoms with Crippen LogP contribution < -0.4 is 5.32 Å². The van der Waals surface area contributed by atoms with Crippen molar-refractivity contribution in [1.82, 2.24) is 5.32 Å². The maximum atomic E-state index is 12.4. The molecule has 3 heteroatoms. The monoisotopic (exact) mass is 319 g/mol. The fourth-order valence-electron chi connectivity index (χ4n) is 2.69. The first-order valence-corrected chi connectivity index (χ1v) is 8.15. The number of rotatable bonds is 6. The standard InChI is InChI=1S/C21H21NO2/c1-16-9-11-18(12-10-16)21(17-6-3-2-4-7-17)22-20(23)14-13-19-8-5-15-24-19/h2-12,15,21H,13-14H2,1H3,(H,22,23)/t21-/m1/s1. The lowest BCUT2D eigenvalue weighted by molar-refractivity contribution is -0.121. The van der Waals surface area contributed by atoms with Gasteiger partial charge in [-0.1, -0.05) is 60.2 Å². The van der Waals surface area contributed by atoms with E-state index in [1.807, 2.05) is 42.5 Å². The van der Waals surface area contributed by atoms with E-state index in [0.29, 0.717) is 12.8 Å². The van der Waals surface area contributed by atoms with Gasteiger partial charge in [0.2, 0.25) is 5.91 Å². The fraction of sp³-hybridized carbons (Fsp3) is 0.190. The van der Waals surface area contributed by atoms with Crippen LogP contribution in [0.5, 0.6) is 0 Å². The van der Waals surface area contributed by atoms with Crippen LogP contribution in [0, 0.1) is 6.92 Å². The van der Waals surface area contributed by atoms with Crippen LogP contribution in [0.3, 0.4) is 0 Å². The largest absolute Gasteiger partial charge is 0.469 e. The summed E-state index contributed by atoms with van der Waals surface area (Å²) in [6.07, 6.45) is 2.64. The van der Waals surface area contributed by atoms with Crippen molar-refractivity contribution < 1.29 is 9.21 Å². The first-order valence-electron chi connectivity index (χ1n) is 8.15. The molecule has 3 rings (SSSR count). The molecule has 0 saturated heterocycles. The Hall–Kier alpha value is -2.81. The lowest BCUT2D eigenvalue weighted by Crippen LogP contribution is -2.29. The number of hydrogen-bond donors (Lipinski definition) is 1. The summed E-state index contributed by atoms with van der Waals surface area (Å²) in [7, 11) is 0. The Morgan fingerprint density at radius 1 is 0.958 bits per heavy atom. The molecular formula is C21H21NO2. The van der Waals surface area contributed by atoms with Gasteiger partial charge < -0.3 is 9.73 Å². The van der Waals surface area contributed by atoms with Crippen molar-refractivity contribution in [1.29, 1.82) is 0 Å². The van der Waals surface area contributed by atoms with Crippen LogP contribution in [0.1, 0.15) is 34.9 Å². The molecule has 0 bridgehead atoms. The van der Waals surface area contributed by atoms with Gasteiger partial charge in [0, 0.05) is 12.8 Å². The quantitative estimate of drug-likeness (QED) is 0.730. The third-order valence-corrected chi connectivity index (χ3v) is 4.03. The Balaban J connectivity index is 1.74. The number of carbonyl (C=O) groups excluding carboxylic acids is 1. The van der Waals surface area contributed by atoms with Gasteiger partial charge in [-0.15, -0.1) is 0 Å². The summed E-state index contributed by atoms with van der Waals surface area (Å²) in [5, 5.41) is 3.15. The number of nitrogens with one attached hydrogen (secondary N) is 1. The van der Waals surface area contributed by atoms with Crippen LogP contribution in [0.4, 0.5) is 0 Å². The van der Waals surface area contributed by atoms with Crippen LogP contribution in [0.25, 0.3) is 0 Å². The van der Waals surface area contributed by atoms with Crippen molar-refractivity contribution in [2.75, 3.05) is 0 Å². The minimum atomic E-state index is -0.143. The van der Waals surface area contributed by atoms with E-state index in [2.05, 4.69) is 36.5 Å². The average Bonchev–Trinajstić information content (AvgIpc) is 3.13. The van der Waals surface area contributed by atoms with Crippen molar-refractivity contribution in [3.8, 4) is 0 Å². The maximum Gasteiger partial charge on any atom is 0.221 e. The summed E-state index contributed by atoms with van der Waals surface area (Å²) in [6, 6.07) is 21.9. The van der Waals surface area contributed by atoms with Crippen molar-refractivity contribution in [3.05, 3.63) is 95.4 Å². The zero-order valence-electron chi connectivity index (χ0n) is 13.7. The van der Waals surface area contributed by atoms with Crippen molar-refractivity contribution in [2.24, 2.45) is 0 Å². The van der Waals surface area contributed by atoms with Crippen LogP contribution in [-0.4, -0.2) is 5.91 Å². The minimum absolute atomic E-state index is 0.0147.